The second-order valence-electron chi connectivity index (χ2n) is 6.01. The number of carbonyl (C=O) groups is 3. The number of benzene rings is 1. The number of ketones is 1. The average molecular weight is 357 g/mol. The SMILES string of the molecule is CC1(C)C(=O)C(C(=O)NCC(=O)O)=C(O)c2ccc(C(F)(F)F)cc21. The number of aliphatic hydroxyl groups is 1. The van der Waals surface area contributed by atoms with Crippen LogP contribution in [0.2, 0.25) is 0 Å². The Morgan fingerprint density at radius 2 is 1.84 bits per heavy atom. The lowest BCUT2D eigenvalue weighted by Gasteiger charge is -2.32. The first-order valence-corrected chi connectivity index (χ1v) is 7.07. The Kier molecular flexibility index (Phi) is 4.37. The van der Waals surface area contributed by atoms with Crippen molar-refractivity contribution in [3.05, 3.63) is 40.5 Å². The number of aliphatic carboxylic acids is 1. The molecule has 0 bridgehead atoms. The van der Waals surface area contributed by atoms with E-state index >= 15 is 0 Å². The monoisotopic (exact) mass is 357 g/mol. The molecule has 0 unspecified atom stereocenters. The van der Waals surface area contributed by atoms with Crippen molar-refractivity contribution in [2.45, 2.75) is 25.4 Å². The van der Waals surface area contributed by atoms with Gasteiger partial charge in [0.2, 0.25) is 0 Å². The third-order valence-electron chi connectivity index (χ3n) is 3.93. The standard InChI is InChI=1S/C16H14F3NO5/c1-15(2)9-5-7(16(17,18)19)3-4-8(9)12(23)11(13(15)24)14(25)20-6-10(21)22/h3-5,23H,6H2,1-2H3,(H,20,25)(H,21,22). The number of hydrogen-bond acceptors (Lipinski definition) is 4. The number of rotatable bonds is 3. The maximum atomic E-state index is 12.9. The molecule has 0 saturated carbocycles. The van der Waals surface area contributed by atoms with Crippen molar-refractivity contribution in [2.75, 3.05) is 6.54 Å². The Morgan fingerprint density at radius 3 is 2.36 bits per heavy atom. The second-order valence-corrected chi connectivity index (χ2v) is 6.01. The van der Waals surface area contributed by atoms with Crippen LogP contribution in [0.25, 0.3) is 5.76 Å². The molecule has 0 heterocycles. The molecule has 0 spiro atoms. The van der Waals surface area contributed by atoms with Crippen LogP contribution in [0.15, 0.2) is 23.8 Å². The molecule has 1 aromatic carbocycles. The summed E-state index contributed by atoms with van der Waals surface area (Å²) in [5.41, 5.74) is -3.34. The van der Waals surface area contributed by atoms with Gasteiger partial charge in [-0.1, -0.05) is 6.07 Å². The molecule has 0 aliphatic heterocycles. The molecule has 134 valence electrons. The van der Waals surface area contributed by atoms with Gasteiger partial charge in [-0.2, -0.15) is 13.2 Å². The number of carboxylic acid groups (broad SMARTS) is 1. The second kappa shape index (κ2) is 5.91. The van der Waals surface area contributed by atoms with Crippen molar-refractivity contribution in [1.82, 2.24) is 5.32 Å². The maximum absolute atomic E-state index is 12.9. The van der Waals surface area contributed by atoms with Gasteiger partial charge in [0.15, 0.2) is 5.78 Å². The summed E-state index contributed by atoms with van der Waals surface area (Å²) in [5.74, 6) is -4.15. The van der Waals surface area contributed by atoms with Crippen molar-refractivity contribution in [3.63, 3.8) is 0 Å². The highest BCUT2D eigenvalue weighted by Gasteiger charge is 2.44. The first kappa shape index (κ1) is 18.5. The fraction of sp³-hybridized carbons (Fsp3) is 0.312. The topological polar surface area (TPSA) is 104 Å². The van der Waals surface area contributed by atoms with E-state index < -0.39 is 52.7 Å². The van der Waals surface area contributed by atoms with Crippen molar-refractivity contribution in [3.8, 4) is 0 Å². The largest absolute Gasteiger partial charge is 0.506 e. The lowest BCUT2D eigenvalue weighted by molar-refractivity contribution is -0.138. The van der Waals surface area contributed by atoms with E-state index in [1.807, 2.05) is 5.32 Å². The van der Waals surface area contributed by atoms with Crippen molar-refractivity contribution in [2.24, 2.45) is 0 Å². The smallest absolute Gasteiger partial charge is 0.416 e. The van der Waals surface area contributed by atoms with Gasteiger partial charge in [-0.15, -0.1) is 0 Å². The van der Waals surface area contributed by atoms with Crippen LogP contribution in [0.5, 0.6) is 0 Å². The molecular formula is C16H14F3NO5. The molecule has 0 aromatic heterocycles. The summed E-state index contributed by atoms with van der Waals surface area (Å²) in [4.78, 5) is 35.1. The van der Waals surface area contributed by atoms with Crippen LogP contribution in [0.4, 0.5) is 13.2 Å². The minimum atomic E-state index is -4.63. The molecule has 1 aromatic rings. The summed E-state index contributed by atoms with van der Waals surface area (Å²) < 4.78 is 38.7. The van der Waals surface area contributed by atoms with Gasteiger partial charge in [-0.05, 0) is 31.5 Å². The fourth-order valence-electron chi connectivity index (χ4n) is 2.58. The quantitative estimate of drug-likeness (QED) is 0.718. The zero-order valence-corrected chi connectivity index (χ0v) is 13.2. The minimum absolute atomic E-state index is 0.0698. The highest BCUT2D eigenvalue weighted by Crippen LogP contribution is 2.42. The lowest BCUT2D eigenvalue weighted by Crippen LogP contribution is -2.42. The molecule has 6 nitrogen and oxygen atoms in total. The van der Waals surface area contributed by atoms with Crippen LogP contribution in [-0.2, 0) is 26.0 Å². The van der Waals surface area contributed by atoms with E-state index in [1.54, 1.807) is 0 Å². The van der Waals surface area contributed by atoms with Crippen molar-refractivity contribution >= 4 is 23.4 Å². The van der Waals surface area contributed by atoms with Crippen LogP contribution in [-0.4, -0.2) is 34.4 Å². The Bertz CT molecular complexity index is 808. The number of carbonyl (C=O) groups excluding carboxylic acids is 2. The number of fused-ring (bicyclic) bond motifs is 1. The van der Waals surface area contributed by atoms with Gasteiger partial charge >= 0.3 is 12.1 Å². The summed E-state index contributed by atoms with van der Waals surface area (Å²) in [6, 6.07) is 2.47. The number of Topliss-reactive ketones (excluding diaryl/α,β-unsaturated/α-hetero) is 1. The summed E-state index contributed by atoms with van der Waals surface area (Å²) >= 11 is 0. The Balaban J connectivity index is 2.61. The molecule has 1 amide bonds. The average Bonchev–Trinajstić information content (AvgIpc) is 2.50. The van der Waals surface area contributed by atoms with E-state index in [-0.39, 0.29) is 11.1 Å². The van der Waals surface area contributed by atoms with Gasteiger partial charge in [0.25, 0.3) is 5.91 Å². The summed E-state index contributed by atoms with van der Waals surface area (Å²) in [7, 11) is 0. The number of nitrogens with one attached hydrogen (secondary N) is 1. The van der Waals surface area contributed by atoms with E-state index in [0.717, 1.165) is 18.2 Å². The summed E-state index contributed by atoms with van der Waals surface area (Å²) in [6.07, 6.45) is -4.63. The van der Waals surface area contributed by atoms with Gasteiger partial charge in [-0.25, -0.2) is 0 Å². The van der Waals surface area contributed by atoms with Gasteiger partial charge in [0, 0.05) is 5.56 Å². The molecule has 1 aliphatic carbocycles. The Hall–Kier alpha value is -2.84. The van der Waals surface area contributed by atoms with E-state index in [1.165, 1.54) is 13.8 Å². The molecule has 0 radical (unpaired) electrons. The van der Waals surface area contributed by atoms with Crippen LogP contribution in [0.1, 0.15) is 30.5 Å². The molecule has 0 saturated heterocycles. The zero-order chi connectivity index (χ0) is 19.2. The summed E-state index contributed by atoms with van der Waals surface area (Å²) in [6.45, 7) is 1.87. The number of carboxylic acids is 1. The molecule has 0 fully saturated rings. The van der Waals surface area contributed by atoms with Crippen molar-refractivity contribution < 1.29 is 37.8 Å². The third kappa shape index (κ3) is 3.21. The minimum Gasteiger partial charge on any atom is -0.506 e. The molecule has 0 atom stereocenters. The lowest BCUT2D eigenvalue weighted by atomic mass is 9.70. The molecule has 2 rings (SSSR count). The molecule has 9 heteroatoms. The van der Waals surface area contributed by atoms with Crippen molar-refractivity contribution in [1.29, 1.82) is 0 Å². The Labute approximate surface area is 140 Å². The van der Waals surface area contributed by atoms with E-state index in [0.29, 0.717) is 0 Å². The predicted molar refractivity (Wildman–Crippen MR) is 79.7 cm³/mol. The normalized spacial score (nSPS) is 16.4. The number of halogens is 3. The summed E-state index contributed by atoms with van der Waals surface area (Å²) in [5, 5.41) is 20.8. The number of hydrogen-bond donors (Lipinski definition) is 3. The Morgan fingerprint density at radius 1 is 1.24 bits per heavy atom. The van der Waals surface area contributed by atoms with E-state index in [4.69, 9.17) is 5.11 Å². The molecular weight excluding hydrogens is 343 g/mol. The highest BCUT2D eigenvalue weighted by molar-refractivity contribution is 6.28. The molecule has 1 aliphatic rings. The van der Waals surface area contributed by atoms with Crippen LogP contribution >= 0.6 is 0 Å². The fourth-order valence-corrected chi connectivity index (χ4v) is 2.58. The predicted octanol–water partition coefficient (Wildman–Crippen LogP) is 2.04. The zero-order valence-electron chi connectivity index (χ0n) is 13.2. The third-order valence-corrected chi connectivity index (χ3v) is 3.93. The van der Waals surface area contributed by atoms with Gasteiger partial charge in [0.05, 0.1) is 11.0 Å². The van der Waals surface area contributed by atoms with Gasteiger partial charge in [-0.3, -0.25) is 14.4 Å². The first-order valence-electron chi connectivity index (χ1n) is 7.07. The van der Waals surface area contributed by atoms with Crippen LogP contribution in [0, 0.1) is 0 Å². The number of alkyl halides is 3. The molecule has 25 heavy (non-hydrogen) atoms. The van der Waals surface area contributed by atoms with Gasteiger partial charge < -0.3 is 15.5 Å². The maximum Gasteiger partial charge on any atom is 0.416 e. The molecule has 3 N–H and O–H groups in total. The van der Waals surface area contributed by atoms with Crippen LogP contribution in [0.3, 0.4) is 0 Å². The number of amides is 1. The first-order chi connectivity index (χ1) is 11.4. The van der Waals surface area contributed by atoms with Gasteiger partial charge in [0.1, 0.15) is 17.9 Å². The number of aliphatic hydroxyl groups excluding tert-OH is 1. The highest BCUT2D eigenvalue weighted by atomic mass is 19.4. The van der Waals surface area contributed by atoms with E-state index in [2.05, 4.69) is 0 Å². The van der Waals surface area contributed by atoms with Crippen LogP contribution < -0.4 is 5.32 Å². The van der Waals surface area contributed by atoms with E-state index in [9.17, 15) is 32.7 Å².